The number of halogens is 1. The molecule has 1 N–H and O–H groups in total. The van der Waals surface area contributed by atoms with E-state index >= 15 is 0 Å². The monoisotopic (exact) mass is 309 g/mol. The summed E-state index contributed by atoms with van der Waals surface area (Å²) in [6.07, 6.45) is 4.73. The van der Waals surface area contributed by atoms with Gasteiger partial charge >= 0.3 is 0 Å². The van der Waals surface area contributed by atoms with Crippen LogP contribution in [0, 0.1) is 5.82 Å². The number of pyridine rings is 1. The predicted octanol–water partition coefficient (Wildman–Crippen LogP) is 5.07. The molecule has 1 heterocycles. The second-order valence-electron chi connectivity index (χ2n) is 5.86. The fourth-order valence-electron chi connectivity index (χ4n) is 2.85. The van der Waals surface area contributed by atoms with E-state index < -0.39 is 5.82 Å². The zero-order valence-electron chi connectivity index (χ0n) is 13.2. The molecule has 2 nitrogen and oxygen atoms in total. The second-order valence-corrected chi connectivity index (χ2v) is 5.86. The van der Waals surface area contributed by atoms with Gasteiger partial charge in [0.05, 0.1) is 10.9 Å². The van der Waals surface area contributed by atoms with Gasteiger partial charge in [-0.2, -0.15) is 0 Å². The summed E-state index contributed by atoms with van der Waals surface area (Å²) in [4.78, 5) is 15.3. The first-order valence-corrected chi connectivity index (χ1v) is 8.10. The zero-order valence-corrected chi connectivity index (χ0v) is 13.2. The molecule has 118 valence electrons. The topological polar surface area (TPSA) is 32.9 Å². The standard InChI is InChI=1S/C20H20FNO/c1-2-3-4-6-14-9-11-15(12-10-14)18-13-19(23)20-16(21)7-5-8-17(20)22-18/h5,7-13H,2-4,6H2,1H3,(H,22,23). The lowest BCUT2D eigenvalue weighted by Gasteiger charge is -2.07. The molecular formula is C20H20FNO. The third kappa shape index (κ3) is 3.34. The second kappa shape index (κ2) is 6.78. The Kier molecular flexibility index (Phi) is 4.56. The molecule has 0 fully saturated rings. The van der Waals surface area contributed by atoms with Crippen LogP contribution in [-0.2, 0) is 6.42 Å². The van der Waals surface area contributed by atoms with Crippen LogP contribution in [0.15, 0.2) is 53.3 Å². The molecule has 1 aromatic heterocycles. The van der Waals surface area contributed by atoms with Crippen LogP contribution < -0.4 is 5.43 Å². The van der Waals surface area contributed by atoms with Gasteiger partial charge in [-0.3, -0.25) is 4.79 Å². The van der Waals surface area contributed by atoms with Crippen LogP contribution in [0.25, 0.3) is 22.2 Å². The molecule has 23 heavy (non-hydrogen) atoms. The van der Waals surface area contributed by atoms with Gasteiger partial charge in [0.15, 0.2) is 5.43 Å². The number of unbranched alkanes of at least 4 members (excludes halogenated alkanes) is 2. The number of hydrogen-bond donors (Lipinski definition) is 1. The summed E-state index contributed by atoms with van der Waals surface area (Å²) in [7, 11) is 0. The minimum atomic E-state index is -0.485. The van der Waals surface area contributed by atoms with Gasteiger partial charge in [0.2, 0.25) is 0 Å². The van der Waals surface area contributed by atoms with E-state index in [2.05, 4.69) is 24.0 Å². The highest BCUT2D eigenvalue weighted by atomic mass is 19.1. The Labute approximate surface area is 135 Å². The number of aryl methyl sites for hydroxylation is 1. The summed E-state index contributed by atoms with van der Waals surface area (Å²) in [6.45, 7) is 2.20. The molecule has 0 unspecified atom stereocenters. The van der Waals surface area contributed by atoms with E-state index in [0.29, 0.717) is 11.2 Å². The maximum atomic E-state index is 13.8. The minimum absolute atomic E-state index is 0.118. The van der Waals surface area contributed by atoms with Crippen molar-refractivity contribution in [3.63, 3.8) is 0 Å². The van der Waals surface area contributed by atoms with E-state index in [9.17, 15) is 9.18 Å². The van der Waals surface area contributed by atoms with Crippen molar-refractivity contribution in [3.05, 3.63) is 70.1 Å². The van der Waals surface area contributed by atoms with Crippen molar-refractivity contribution in [2.24, 2.45) is 0 Å². The lowest BCUT2D eigenvalue weighted by atomic mass is 10.0. The molecule has 0 saturated heterocycles. The van der Waals surface area contributed by atoms with Gasteiger partial charge in [0, 0.05) is 11.8 Å². The number of fused-ring (bicyclic) bond motifs is 1. The molecule has 2 aromatic carbocycles. The van der Waals surface area contributed by atoms with Gasteiger partial charge in [-0.25, -0.2) is 4.39 Å². The average Bonchev–Trinajstić information content (AvgIpc) is 2.55. The molecule has 0 aliphatic rings. The average molecular weight is 309 g/mol. The van der Waals surface area contributed by atoms with Gasteiger partial charge in [0.25, 0.3) is 0 Å². The summed E-state index contributed by atoms with van der Waals surface area (Å²) in [5, 5.41) is 0.118. The Balaban J connectivity index is 1.93. The maximum absolute atomic E-state index is 13.8. The quantitative estimate of drug-likeness (QED) is 0.656. The van der Waals surface area contributed by atoms with Crippen molar-refractivity contribution < 1.29 is 4.39 Å². The first-order chi connectivity index (χ1) is 11.2. The van der Waals surface area contributed by atoms with Crippen LogP contribution in [0.4, 0.5) is 4.39 Å². The highest BCUT2D eigenvalue weighted by Crippen LogP contribution is 2.21. The molecule has 0 spiro atoms. The maximum Gasteiger partial charge on any atom is 0.192 e. The summed E-state index contributed by atoms with van der Waals surface area (Å²) in [5.74, 6) is -0.485. The fraction of sp³-hybridized carbons (Fsp3) is 0.250. The van der Waals surface area contributed by atoms with Crippen LogP contribution in [-0.4, -0.2) is 4.98 Å². The SMILES string of the molecule is CCCCCc1ccc(-c2cc(=O)c3c(F)cccc3[nH]2)cc1. The van der Waals surface area contributed by atoms with Crippen molar-refractivity contribution in [1.29, 1.82) is 0 Å². The van der Waals surface area contributed by atoms with Crippen molar-refractivity contribution in [3.8, 4) is 11.3 Å². The first kappa shape index (κ1) is 15.5. The molecule has 0 amide bonds. The molecular weight excluding hydrogens is 289 g/mol. The summed E-state index contributed by atoms with van der Waals surface area (Å²) < 4.78 is 13.8. The molecule has 3 aromatic rings. The van der Waals surface area contributed by atoms with Crippen molar-refractivity contribution in [2.45, 2.75) is 32.6 Å². The van der Waals surface area contributed by atoms with Crippen LogP contribution >= 0.6 is 0 Å². The van der Waals surface area contributed by atoms with E-state index in [1.165, 1.54) is 37.0 Å². The Hall–Kier alpha value is -2.42. The Morgan fingerprint density at radius 3 is 2.57 bits per heavy atom. The van der Waals surface area contributed by atoms with Crippen molar-refractivity contribution in [2.75, 3.05) is 0 Å². The highest BCUT2D eigenvalue weighted by molar-refractivity contribution is 5.81. The molecule has 0 aliphatic heterocycles. The normalized spacial score (nSPS) is 11.0. The number of nitrogens with one attached hydrogen (secondary N) is 1. The van der Waals surface area contributed by atoms with Gasteiger partial charge < -0.3 is 4.98 Å². The van der Waals surface area contributed by atoms with Crippen molar-refractivity contribution >= 4 is 10.9 Å². The molecule has 0 bridgehead atoms. The van der Waals surface area contributed by atoms with E-state index in [1.54, 1.807) is 12.1 Å². The Morgan fingerprint density at radius 1 is 1.04 bits per heavy atom. The number of rotatable bonds is 5. The number of aromatic nitrogens is 1. The third-order valence-electron chi connectivity index (χ3n) is 4.14. The van der Waals surface area contributed by atoms with Gasteiger partial charge in [-0.15, -0.1) is 0 Å². The summed E-state index contributed by atoms with van der Waals surface area (Å²) >= 11 is 0. The molecule has 0 atom stereocenters. The molecule has 0 radical (unpaired) electrons. The van der Waals surface area contributed by atoms with E-state index in [4.69, 9.17) is 0 Å². The molecule has 3 heteroatoms. The van der Waals surface area contributed by atoms with Gasteiger partial charge in [-0.1, -0.05) is 50.1 Å². The number of aromatic amines is 1. The van der Waals surface area contributed by atoms with Crippen molar-refractivity contribution in [1.82, 2.24) is 4.98 Å². The van der Waals surface area contributed by atoms with Gasteiger partial charge in [-0.05, 0) is 36.1 Å². The lowest BCUT2D eigenvalue weighted by Crippen LogP contribution is -2.05. The summed E-state index contributed by atoms with van der Waals surface area (Å²) in [5.41, 5.74) is 3.19. The smallest absolute Gasteiger partial charge is 0.192 e. The number of H-pyrrole nitrogens is 1. The minimum Gasteiger partial charge on any atom is -0.354 e. The van der Waals surface area contributed by atoms with Crippen LogP contribution in [0.2, 0.25) is 0 Å². The predicted molar refractivity (Wildman–Crippen MR) is 93.2 cm³/mol. The van der Waals surface area contributed by atoms with Crippen LogP contribution in [0.3, 0.4) is 0 Å². The number of hydrogen-bond acceptors (Lipinski definition) is 1. The van der Waals surface area contributed by atoms with E-state index in [1.807, 2.05) is 12.1 Å². The third-order valence-corrected chi connectivity index (χ3v) is 4.14. The Bertz CT molecular complexity index is 865. The van der Waals surface area contributed by atoms with E-state index in [-0.39, 0.29) is 10.8 Å². The van der Waals surface area contributed by atoms with Crippen LogP contribution in [0.5, 0.6) is 0 Å². The molecule has 0 saturated carbocycles. The van der Waals surface area contributed by atoms with Crippen LogP contribution in [0.1, 0.15) is 31.7 Å². The zero-order chi connectivity index (χ0) is 16.2. The molecule has 3 rings (SSSR count). The fourth-order valence-corrected chi connectivity index (χ4v) is 2.85. The Morgan fingerprint density at radius 2 is 1.83 bits per heavy atom. The highest BCUT2D eigenvalue weighted by Gasteiger charge is 2.08. The number of benzene rings is 2. The summed E-state index contributed by atoms with van der Waals surface area (Å²) in [6, 6.07) is 14.3. The largest absolute Gasteiger partial charge is 0.354 e. The molecule has 0 aliphatic carbocycles. The first-order valence-electron chi connectivity index (χ1n) is 8.10. The lowest BCUT2D eigenvalue weighted by molar-refractivity contribution is 0.639. The van der Waals surface area contributed by atoms with E-state index in [0.717, 1.165) is 12.0 Å². The van der Waals surface area contributed by atoms with Gasteiger partial charge in [0.1, 0.15) is 5.82 Å².